The third kappa shape index (κ3) is 4.34. The number of nitrogens with one attached hydrogen (secondary N) is 1. The molecule has 0 saturated carbocycles. The molecule has 0 spiro atoms. The highest BCUT2D eigenvalue weighted by molar-refractivity contribution is 5.82. The number of amides is 2. The molecule has 7 nitrogen and oxygen atoms in total. The first-order valence-electron chi connectivity index (χ1n) is 9.19. The van der Waals surface area contributed by atoms with E-state index in [1.165, 1.54) is 0 Å². The molecule has 0 unspecified atom stereocenters. The van der Waals surface area contributed by atoms with Crippen LogP contribution in [0.1, 0.15) is 19.3 Å². The number of para-hydroxylation sites is 1. The van der Waals surface area contributed by atoms with E-state index in [9.17, 15) is 14.7 Å². The van der Waals surface area contributed by atoms with E-state index >= 15 is 0 Å². The third-order valence-corrected chi connectivity index (χ3v) is 5.26. The molecule has 3 rings (SSSR count). The number of benzene rings is 1. The van der Waals surface area contributed by atoms with Crippen LogP contribution in [0.3, 0.4) is 0 Å². The first kappa shape index (κ1) is 18.7. The minimum absolute atomic E-state index is 0.0170. The lowest BCUT2D eigenvalue weighted by Crippen LogP contribution is -2.52. The van der Waals surface area contributed by atoms with Gasteiger partial charge in [-0.05, 0) is 31.4 Å². The van der Waals surface area contributed by atoms with E-state index in [0.29, 0.717) is 31.8 Å². The molecule has 0 radical (unpaired) electrons. The maximum Gasteiger partial charge on any atom is 0.260 e. The van der Waals surface area contributed by atoms with Crippen molar-refractivity contribution in [1.29, 1.82) is 0 Å². The van der Waals surface area contributed by atoms with Crippen LogP contribution >= 0.6 is 0 Å². The number of aliphatic hydroxyl groups is 1. The maximum atomic E-state index is 12.4. The average Bonchev–Trinajstić information content (AvgIpc) is 3.08. The Balaban J connectivity index is 1.49. The van der Waals surface area contributed by atoms with E-state index < -0.39 is 6.10 Å². The Morgan fingerprint density at radius 2 is 1.92 bits per heavy atom. The van der Waals surface area contributed by atoms with Crippen LogP contribution in [0.15, 0.2) is 30.3 Å². The summed E-state index contributed by atoms with van der Waals surface area (Å²) in [5, 5.41) is 12.6. The maximum absolute atomic E-state index is 12.4. The predicted octanol–water partition coefficient (Wildman–Crippen LogP) is 0.238. The smallest absolute Gasteiger partial charge is 0.260 e. The topological polar surface area (TPSA) is 82.1 Å². The second-order valence-corrected chi connectivity index (χ2v) is 6.93. The van der Waals surface area contributed by atoms with Gasteiger partial charge in [0.2, 0.25) is 5.91 Å². The Bertz CT molecular complexity index is 616. The first-order chi connectivity index (χ1) is 12.6. The van der Waals surface area contributed by atoms with Crippen molar-refractivity contribution in [2.75, 3.05) is 33.3 Å². The van der Waals surface area contributed by atoms with Crippen LogP contribution in [-0.4, -0.2) is 78.2 Å². The SMILES string of the molecule is CNC(=O)[C@@H]1C[C@@H](O)CN1C1CCN(C(=O)COc2ccccc2)CC1. The van der Waals surface area contributed by atoms with Gasteiger partial charge in [0, 0.05) is 32.7 Å². The Labute approximate surface area is 153 Å². The summed E-state index contributed by atoms with van der Waals surface area (Å²) in [6, 6.07) is 9.25. The zero-order valence-electron chi connectivity index (χ0n) is 15.1. The van der Waals surface area contributed by atoms with Crippen molar-refractivity contribution in [1.82, 2.24) is 15.1 Å². The highest BCUT2D eigenvalue weighted by atomic mass is 16.5. The molecule has 2 heterocycles. The number of hydrogen-bond acceptors (Lipinski definition) is 5. The van der Waals surface area contributed by atoms with Crippen molar-refractivity contribution in [3.05, 3.63) is 30.3 Å². The normalized spacial score (nSPS) is 24.5. The standard InChI is InChI=1S/C19H27N3O4/c1-20-19(25)17-11-15(23)12-22(17)14-7-9-21(10-8-14)18(24)13-26-16-5-3-2-4-6-16/h2-6,14-15,17,23H,7-13H2,1H3,(H,20,25)/t15-,17+/m1/s1. The minimum atomic E-state index is -0.462. The summed E-state index contributed by atoms with van der Waals surface area (Å²) in [5.74, 6) is 0.628. The lowest BCUT2D eigenvalue weighted by Gasteiger charge is -2.38. The van der Waals surface area contributed by atoms with Crippen LogP contribution in [0.5, 0.6) is 5.75 Å². The summed E-state index contributed by atoms with van der Waals surface area (Å²) in [6.45, 7) is 1.86. The molecular formula is C19H27N3O4. The summed E-state index contributed by atoms with van der Waals surface area (Å²) >= 11 is 0. The van der Waals surface area contributed by atoms with Crippen LogP contribution in [0.4, 0.5) is 0 Å². The molecule has 142 valence electrons. The molecule has 2 amide bonds. The second kappa shape index (κ2) is 8.51. The number of carbonyl (C=O) groups is 2. The number of β-amino-alcohol motifs (C(OH)–C–C–N with tert-alkyl or cyclic N) is 1. The van der Waals surface area contributed by atoms with Crippen LogP contribution in [0.2, 0.25) is 0 Å². The third-order valence-electron chi connectivity index (χ3n) is 5.26. The number of rotatable bonds is 5. The van der Waals surface area contributed by atoms with E-state index in [2.05, 4.69) is 10.2 Å². The molecule has 1 aromatic carbocycles. The van der Waals surface area contributed by atoms with Gasteiger partial charge in [0.1, 0.15) is 5.75 Å². The fraction of sp³-hybridized carbons (Fsp3) is 0.579. The van der Waals surface area contributed by atoms with E-state index in [-0.39, 0.29) is 30.5 Å². The van der Waals surface area contributed by atoms with Crippen LogP contribution in [-0.2, 0) is 9.59 Å². The summed E-state index contributed by atoms with van der Waals surface area (Å²) < 4.78 is 5.54. The summed E-state index contributed by atoms with van der Waals surface area (Å²) in [4.78, 5) is 28.3. The number of likely N-dealkylation sites (N-methyl/N-ethyl adjacent to an activating group) is 1. The lowest BCUT2D eigenvalue weighted by molar-refractivity contribution is -0.135. The Morgan fingerprint density at radius 1 is 1.23 bits per heavy atom. The summed E-state index contributed by atoms with van der Waals surface area (Å²) in [6.07, 6.45) is 1.62. The molecular weight excluding hydrogens is 334 g/mol. The molecule has 26 heavy (non-hydrogen) atoms. The molecule has 2 N–H and O–H groups in total. The number of piperidine rings is 1. The molecule has 0 bridgehead atoms. The van der Waals surface area contributed by atoms with E-state index in [1.54, 1.807) is 7.05 Å². The number of likely N-dealkylation sites (tertiary alicyclic amines) is 2. The van der Waals surface area contributed by atoms with Crippen molar-refractivity contribution in [3.63, 3.8) is 0 Å². The Morgan fingerprint density at radius 3 is 2.58 bits per heavy atom. The fourth-order valence-corrected chi connectivity index (χ4v) is 3.87. The second-order valence-electron chi connectivity index (χ2n) is 6.93. The lowest BCUT2D eigenvalue weighted by atomic mass is 10.0. The van der Waals surface area contributed by atoms with Gasteiger partial charge in [-0.1, -0.05) is 18.2 Å². The van der Waals surface area contributed by atoms with E-state index in [4.69, 9.17) is 4.74 Å². The van der Waals surface area contributed by atoms with Crippen molar-refractivity contribution >= 4 is 11.8 Å². The fourth-order valence-electron chi connectivity index (χ4n) is 3.87. The van der Waals surface area contributed by atoms with E-state index in [0.717, 1.165) is 12.8 Å². The molecule has 0 aromatic heterocycles. The number of hydrogen-bond donors (Lipinski definition) is 2. The Hall–Kier alpha value is -2.12. The van der Waals surface area contributed by atoms with Crippen LogP contribution in [0.25, 0.3) is 0 Å². The Kier molecular flexibility index (Phi) is 6.11. The molecule has 7 heteroatoms. The monoisotopic (exact) mass is 361 g/mol. The van der Waals surface area contributed by atoms with Gasteiger partial charge < -0.3 is 20.1 Å². The van der Waals surface area contributed by atoms with Gasteiger partial charge in [0.05, 0.1) is 12.1 Å². The van der Waals surface area contributed by atoms with Crippen molar-refractivity contribution < 1.29 is 19.4 Å². The quantitative estimate of drug-likeness (QED) is 0.785. The molecule has 2 aliphatic rings. The molecule has 2 aliphatic heterocycles. The van der Waals surface area contributed by atoms with Gasteiger partial charge in [-0.3, -0.25) is 14.5 Å². The van der Waals surface area contributed by atoms with Crippen molar-refractivity contribution in [3.8, 4) is 5.75 Å². The average molecular weight is 361 g/mol. The largest absolute Gasteiger partial charge is 0.484 e. The van der Waals surface area contributed by atoms with Gasteiger partial charge in [-0.25, -0.2) is 0 Å². The van der Waals surface area contributed by atoms with Gasteiger partial charge in [-0.15, -0.1) is 0 Å². The van der Waals surface area contributed by atoms with Crippen LogP contribution in [0, 0.1) is 0 Å². The van der Waals surface area contributed by atoms with Crippen molar-refractivity contribution in [2.24, 2.45) is 0 Å². The molecule has 1 aromatic rings. The van der Waals surface area contributed by atoms with Gasteiger partial charge in [0.15, 0.2) is 6.61 Å². The number of aliphatic hydroxyl groups excluding tert-OH is 1. The molecule has 2 saturated heterocycles. The van der Waals surface area contributed by atoms with E-state index in [1.807, 2.05) is 35.2 Å². The zero-order valence-corrected chi connectivity index (χ0v) is 15.1. The van der Waals surface area contributed by atoms with Gasteiger partial charge >= 0.3 is 0 Å². The van der Waals surface area contributed by atoms with Crippen LogP contribution < -0.4 is 10.1 Å². The van der Waals surface area contributed by atoms with Crippen molar-refractivity contribution in [2.45, 2.75) is 37.5 Å². The summed E-state index contributed by atoms with van der Waals surface area (Å²) in [7, 11) is 1.62. The zero-order chi connectivity index (χ0) is 18.5. The number of carbonyl (C=O) groups excluding carboxylic acids is 2. The van der Waals surface area contributed by atoms with Gasteiger partial charge in [-0.2, -0.15) is 0 Å². The summed E-state index contributed by atoms with van der Waals surface area (Å²) in [5.41, 5.74) is 0. The molecule has 0 aliphatic carbocycles. The molecule has 2 atom stereocenters. The molecule has 2 fully saturated rings. The van der Waals surface area contributed by atoms with Gasteiger partial charge in [0.25, 0.3) is 5.91 Å². The number of ether oxygens (including phenoxy) is 1. The minimum Gasteiger partial charge on any atom is -0.484 e. The highest BCUT2D eigenvalue weighted by Gasteiger charge is 2.40. The first-order valence-corrected chi connectivity index (χ1v) is 9.19. The predicted molar refractivity (Wildman–Crippen MR) is 96.7 cm³/mol. The highest BCUT2D eigenvalue weighted by Crippen LogP contribution is 2.26. The number of nitrogens with zero attached hydrogens (tertiary/aromatic N) is 2.